The average molecular weight is 439 g/mol. The minimum absolute atomic E-state index is 0.108. The van der Waals surface area contributed by atoms with Crippen LogP contribution in [0.4, 0.5) is 0 Å². The van der Waals surface area contributed by atoms with Gasteiger partial charge in [-0.1, -0.05) is 42.5 Å². The van der Waals surface area contributed by atoms with Gasteiger partial charge in [-0.25, -0.2) is 13.1 Å². The molecule has 3 rings (SSSR count). The average Bonchev–Trinajstić information content (AvgIpc) is 2.78. The Hall–Kier alpha value is -3.16. The number of benzene rings is 3. The van der Waals surface area contributed by atoms with Crippen molar-refractivity contribution in [1.29, 1.82) is 0 Å². The molecule has 0 bridgehead atoms. The molecule has 0 aliphatic carbocycles. The second-order valence-electron chi connectivity index (χ2n) is 7.23. The van der Waals surface area contributed by atoms with Crippen LogP contribution in [-0.4, -0.2) is 21.4 Å². The summed E-state index contributed by atoms with van der Waals surface area (Å²) >= 11 is 0. The van der Waals surface area contributed by atoms with Gasteiger partial charge >= 0.3 is 0 Å². The van der Waals surface area contributed by atoms with Crippen LogP contribution in [0.1, 0.15) is 32.6 Å². The van der Waals surface area contributed by atoms with Gasteiger partial charge in [0.2, 0.25) is 10.0 Å². The summed E-state index contributed by atoms with van der Waals surface area (Å²) < 4.78 is 32.7. The van der Waals surface area contributed by atoms with Crippen molar-refractivity contribution < 1.29 is 17.9 Å². The zero-order chi connectivity index (χ0) is 22.4. The molecule has 0 radical (unpaired) electrons. The van der Waals surface area contributed by atoms with Gasteiger partial charge in [0.25, 0.3) is 5.91 Å². The van der Waals surface area contributed by atoms with Crippen molar-refractivity contribution in [2.24, 2.45) is 0 Å². The van der Waals surface area contributed by atoms with Gasteiger partial charge in [-0.05, 0) is 67.4 Å². The monoisotopic (exact) mass is 438 g/mol. The summed E-state index contributed by atoms with van der Waals surface area (Å²) in [4.78, 5) is 12.8. The van der Waals surface area contributed by atoms with Gasteiger partial charge < -0.3 is 10.1 Å². The highest BCUT2D eigenvalue weighted by molar-refractivity contribution is 7.89. The number of carbonyl (C=O) groups excluding carboxylic acids is 1. The molecule has 6 nitrogen and oxygen atoms in total. The van der Waals surface area contributed by atoms with Crippen molar-refractivity contribution in [3.63, 3.8) is 0 Å². The Morgan fingerprint density at radius 3 is 2.35 bits per heavy atom. The Kier molecular flexibility index (Phi) is 7.09. The first kappa shape index (κ1) is 22.5. The van der Waals surface area contributed by atoms with Crippen molar-refractivity contribution in [3.05, 3.63) is 94.5 Å². The summed E-state index contributed by atoms with van der Waals surface area (Å²) in [5.41, 5.74) is 3.61. The van der Waals surface area contributed by atoms with Crippen molar-refractivity contribution in [2.75, 3.05) is 7.05 Å². The Balaban J connectivity index is 1.68. The number of aryl methyl sites for hydroxylation is 1. The Bertz CT molecular complexity index is 1180. The zero-order valence-electron chi connectivity index (χ0n) is 17.8. The second-order valence-corrected chi connectivity index (χ2v) is 9.08. The molecule has 0 aliphatic rings. The first-order chi connectivity index (χ1) is 14.8. The molecule has 0 atom stereocenters. The Morgan fingerprint density at radius 1 is 0.935 bits per heavy atom. The molecule has 0 unspecified atom stereocenters. The van der Waals surface area contributed by atoms with E-state index in [-0.39, 0.29) is 10.8 Å². The van der Waals surface area contributed by atoms with E-state index in [0.29, 0.717) is 30.0 Å². The number of rotatable bonds is 8. The number of ether oxygens (including phenoxy) is 1. The van der Waals surface area contributed by atoms with E-state index >= 15 is 0 Å². The summed E-state index contributed by atoms with van der Waals surface area (Å²) in [7, 11) is -2.31. The largest absolute Gasteiger partial charge is 0.489 e. The Morgan fingerprint density at radius 2 is 1.65 bits per heavy atom. The molecule has 3 aromatic carbocycles. The lowest BCUT2D eigenvalue weighted by Gasteiger charge is -2.13. The molecule has 2 N–H and O–H groups in total. The number of hydrogen-bond acceptors (Lipinski definition) is 4. The van der Waals surface area contributed by atoms with Crippen molar-refractivity contribution in [3.8, 4) is 5.75 Å². The number of nitrogens with one attached hydrogen (secondary N) is 2. The molecule has 0 saturated carbocycles. The highest BCUT2D eigenvalue weighted by Gasteiger charge is 2.19. The lowest BCUT2D eigenvalue weighted by Crippen LogP contribution is -2.25. The quantitative estimate of drug-likeness (QED) is 0.561. The van der Waals surface area contributed by atoms with E-state index < -0.39 is 10.0 Å². The van der Waals surface area contributed by atoms with Crippen molar-refractivity contribution in [2.45, 2.75) is 31.9 Å². The molecule has 0 aliphatic heterocycles. The fourth-order valence-corrected chi connectivity index (χ4v) is 4.18. The summed E-state index contributed by atoms with van der Waals surface area (Å²) in [5.74, 6) is 0.371. The standard InChI is InChI=1S/C24H26N2O4S/c1-17-12-21(14-23(18(17)2)31(28,29)25-3)24(27)26-15-20-10-7-11-22(13-20)30-16-19-8-5-4-6-9-19/h4-14,25H,15-16H2,1-3H3,(H,26,27). The number of carbonyl (C=O) groups is 1. The zero-order valence-corrected chi connectivity index (χ0v) is 18.6. The highest BCUT2D eigenvalue weighted by atomic mass is 32.2. The van der Waals surface area contributed by atoms with Crippen LogP contribution in [0.25, 0.3) is 0 Å². The van der Waals surface area contributed by atoms with Gasteiger partial charge in [0.15, 0.2) is 0 Å². The summed E-state index contributed by atoms with van der Waals surface area (Å²) in [6, 6.07) is 20.5. The van der Waals surface area contributed by atoms with Gasteiger partial charge in [-0.2, -0.15) is 0 Å². The van der Waals surface area contributed by atoms with Gasteiger partial charge in [0, 0.05) is 12.1 Å². The normalized spacial score (nSPS) is 11.2. The predicted octanol–water partition coefficient (Wildman–Crippen LogP) is 3.72. The maximum atomic E-state index is 12.7. The fraction of sp³-hybridized carbons (Fsp3) is 0.208. The minimum atomic E-state index is -3.66. The molecule has 0 saturated heterocycles. The van der Waals surface area contributed by atoms with Crippen LogP contribution in [0, 0.1) is 13.8 Å². The van der Waals surface area contributed by atoms with Gasteiger partial charge in [-0.15, -0.1) is 0 Å². The van der Waals surface area contributed by atoms with Crippen molar-refractivity contribution >= 4 is 15.9 Å². The van der Waals surface area contributed by atoms with Gasteiger partial charge in [-0.3, -0.25) is 4.79 Å². The third kappa shape index (κ3) is 5.71. The molecule has 3 aromatic rings. The third-order valence-electron chi connectivity index (χ3n) is 5.04. The maximum absolute atomic E-state index is 12.7. The molecule has 0 spiro atoms. The van der Waals surface area contributed by atoms with Crippen LogP contribution in [0.15, 0.2) is 71.6 Å². The maximum Gasteiger partial charge on any atom is 0.251 e. The van der Waals surface area contributed by atoms with E-state index in [2.05, 4.69) is 10.0 Å². The minimum Gasteiger partial charge on any atom is -0.489 e. The fourth-order valence-electron chi connectivity index (χ4n) is 3.12. The highest BCUT2D eigenvalue weighted by Crippen LogP contribution is 2.21. The van der Waals surface area contributed by atoms with Gasteiger partial charge in [0.05, 0.1) is 4.90 Å². The van der Waals surface area contributed by atoms with Crippen LogP contribution < -0.4 is 14.8 Å². The molecule has 1 amide bonds. The van der Waals surface area contributed by atoms with Crippen LogP contribution in [0.5, 0.6) is 5.75 Å². The summed E-state index contributed by atoms with van der Waals surface area (Å²) in [6.07, 6.45) is 0. The molecular formula is C24H26N2O4S. The Labute approximate surface area is 183 Å². The molecule has 0 aromatic heterocycles. The second kappa shape index (κ2) is 9.76. The third-order valence-corrected chi connectivity index (χ3v) is 6.58. The topological polar surface area (TPSA) is 84.5 Å². The number of sulfonamides is 1. The molecule has 162 valence electrons. The number of amides is 1. The molecule has 0 fully saturated rings. The van der Waals surface area contributed by atoms with E-state index in [1.54, 1.807) is 19.9 Å². The lowest BCUT2D eigenvalue weighted by atomic mass is 10.1. The smallest absolute Gasteiger partial charge is 0.251 e. The van der Waals surface area contributed by atoms with E-state index in [9.17, 15) is 13.2 Å². The molecule has 31 heavy (non-hydrogen) atoms. The van der Waals surface area contributed by atoms with Crippen LogP contribution in [-0.2, 0) is 23.2 Å². The predicted molar refractivity (Wildman–Crippen MR) is 121 cm³/mol. The van der Waals surface area contributed by atoms with E-state index in [1.165, 1.54) is 13.1 Å². The molecule has 7 heteroatoms. The first-order valence-corrected chi connectivity index (χ1v) is 11.4. The van der Waals surface area contributed by atoms with Crippen LogP contribution >= 0.6 is 0 Å². The van der Waals surface area contributed by atoms with Gasteiger partial charge in [0.1, 0.15) is 12.4 Å². The van der Waals surface area contributed by atoms with E-state index in [0.717, 1.165) is 16.7 Å². The summed E-state index contributed by atoms with van der Waals surface area (Å²) in [5, 5.41) is 2.85. The molecule has 0 heterocycles. The number of hydrogen-bond donors (Lipinski definition) is 2. The van der Waals surface area contributed by atoms with Crippen LogP contribution in [0.2, 0.25) is 0 Å². The molecular weight excluding hydrogens is 412 g/mol. The first-order valence-electron chi connectivity index (χ1n) is 9.89. The SMILES string of the molecule is CNS(=O)(=O)c1cc(C(=O)NCc2cccc(OCc3ccccc3)c2)cc(C)c1C. The van der Waals surface area contributed by atoms with Crippen molar-refractivity contribution in [1.82, 2.24) is 10.0 Å². The lowest BCUT2D eigenvalue weighted by molar-refractivity contribution is 0.0950. The van der Waals surface area contributed by atoms with Crippen LogP contribution in [0.3, 0.4) is 0 Å². The van der Waals surface area contributed by atoms with E-state index in [1.807, 2.05) is 54.6 Å². The van der Waals surface area contributed by atoms with E-state index in [4.69, 9.17) is 4.74 Å². The summed E-state index contributed by atoms with van der Waals surface area (Å²) in [6.45, 7) is 4.26.